The first-order valence-corrected chi connectivity index (χ1v) is 7.17. The van der Waals surface area contributed by atoms with Gasteiger partial charge in [-0.1, -0.05) is 0 Å². The van der Waals surface area contributed by atoms with Crippen molar-refractivity contribution in [3.8, 4) is 0 Å². The van der Waals surface area contributed by atoms with Crippen LogP contribution in [0.4, 0.5) is 8.78 Å². The summed E-state index contributed by atoms with van der Waals surface area (Å²) in [5.74, 6) is 0.758. The molecule has 0 spiro atoms. The van der Waals surface area contributed by atoms with Gasteiger partial charge in [0.15, 0.2) is 5.96 Å². The standard InChI is InChI=1S/C14H21F2N7.HI/c1-9-11(10(2)22(4)21-9)7-19-14(17-3)20-8-12-18-5-6-23(12)13(15)16;/h5-6,13H,7-8H2,1-4H3,(H2,17,19,20);1H. The average molecular weight is 453 g/mol. The summed E-state index contributed by atoms with van der Waals surface area (Å²) in [4.78, 5) is 8.00. The van der Waals surface area contributed by atoms with Crippen LogP contribution in [-0.4, -0.2) is 32.3 Å². The van der Waals surface area contributed by atoms with Crippen molar-refractivity contribution in [1.82, 2.24) is 30.0 Å². The highest BCUT2D eigenvalue weighted by atomic mass is 127. The lowest BCUT2D eigenvalue weighted by Gasteiger charge is -2.13. The van der Waals surface area contributed by atoms with Crippen molar-refractivity contribution in [3.63, 3.8) is 0 Å². The van der Waals surface area contributed by atoms with Gasteiger partial charge in [0, 0.05) is 44.3 Å². The smallest absolute Gasteiger partial charge is 0.319 e. The Balaban J connectivity index is 0.00000288. The molecule has 2 N–H and O–H groups in total. The summed E-state index contributed by atoms with van der Waals surface area (Å²) in [7, 11) is 3.51. The number of guanidine groups is 1. The van der Waals surface area contributed by atoms with Crippen LogP contribution in [0.3, 0.4) is 0 Å². The van der Waals surface area contributed by atoms with Gasteiger partial charge in [-0.3, -0.25) is 14.2 Å². The quantitative estimate of drug-likeness (QED) is 0.414. The number of aromatic nitrogens is 4. The molecular formula is C14H22F2IN7. The highest BCUT2D eigenvalue weighted by molar-refractivity contribution is 14.0. The number of nitrogens with zero attached hydrogens (tertiary/aromatic N) is 5. The molecule has 0 aliphatic rings. The van der Waals surface area contributed by atoms with E-state index in [2.05, 4.69) is 25.7 Å². The third kappa shape index (κ3) is 4.65. The molecule has 7 nitrogen and oxygen atoms in total. The van der Waals surface area contributed by atoms with E-state index in [9.17, 15) is 8.78 Å². The molecule has 24 heavy (non-hydrogen) atoms. The number of aryl methyl sites for hydroxylation is 2. The van der Waals surface area contributed by atoms with Crippen molar-refractivity contribution >= 4 is 29.9 Å². The van der Waals surface area contributed by atoms with Gasteiger partial charge in [-0.2, -0.15) is 13.9 Å². The molecular weight excluding hydrogens is 431 g/mol. The van der Waals surface area contributed by atoms with Crippen molar-refractivity contribution in [2.75, 3.05) is 7.05 Å². The number of aliphatic imine (C=N–C) groups is 1. The summed E-state index contributed by atoms with van der Waals surface area (Å²) in [6, 6.07) is 0. The van der Waals surface area contributed by atoms with E-state index in [4.69, 9.17) is 0 Å². The van der Waals surface area contributed by atoms with Crippen LogP contribution in [0, 0.1) is 13.8 Å². The highest BCUT2D eigenvalue weighted by Gasteiger charge is 2.12. The van der Waals surface area contributed by atoms with Gasteiger partial charge in [0.25, 0.3) is 0 Å². The lowest BCUT2D eigenvalue weighted by atomic mass is 10.2. The summed E-state index contributed by atoms with van der Waals surface area (Å²) < 4.78 is 28.2. The fraction of sp³-hybridized carbons (Fsp3) is 0.500. The zero-order valence-corrected chi connectivity index (χ0v) is 16.4. The van der Waals surface area contributed by atoms with Gasteiger partial charge in [-0.25, -0.2) is 4.98 Å². The molecule has 10 heteroatoms. The number of hydrogen-bond acceptors (Lipinski definition) is 3. The van der Waals surface area contributed by atoms with Crippen LogP contribution in [0.15, 0.2) is 17.4 Å². The third-order valence-corrected chi connectivity index (χ3v) is 3.69. The van der Waals surface area contributed by atoms with E-state index in [-0.39, 0.29) is 36.3 Å². The number of imidazole rings is 1. The third-order valence-electron chi connectivity index (χ3n) is 3.69. The Morgan fingerprint density at radius 3 is 2.50 bits per heavy atom. The molecule has 134 valence electrons. The van der Waals surface area contributed by atoms with E-state index in [0.717, 1.165) is 21.5 Å². The van der Waals surface area contributed by atoms with E-state index in [0.29, 0.717) is 12.5 Å². The lowest BCUT2D eigenvalue weighted by Crippen LogP contribution is -2.37. The predicted octanol–water partition coefficient (Wildman–Crippen LogP) is 2.11. The topological polar surface area (TPSA) is 72.1 Å². The summed E-state index contributed by atoms with van der Waals surface area (Å²) in [6.45, 7) is 2.04. The summed E-state index contributed by atoms with van der Waals surface area (Å²) in [6.07, 6.45) is 2.60. The first-order valence-electron chi connectivity index (χ1n) is 7.17. The van der Waals surface area contributed by atoms with E-state index < -0.39 is 6.55 Å². The van der Waals surface area contributed by atoms with E-state index in [1.165, 1.54) is 12.4 Å². The largest absolute Gasteiger partial charge is 0.352 e. The van der Waals surface area contributed by atoms with Crippen LogP contribution in [0.2, 0.25) is 0 Å². The molecule has 0 bridgehead atoms. The predicted molar refractivity (Wildman–Crippen MR) is 98.6 cm³/mol. The van der Waals surface area contributed by atoms with Crippen molar-refractivity contribution in [2.24, 2.45) is 12.0 Å². The van der Waals surface area contributed by atoms with Crippen LogP contribution >= 0.6 is 24.0 Å². The number of rotatable bonds is 5. The van der Waals surface area contributed by atoms with E-state index in [1.54, 1.807) is 7.05 Å². The van der Waals surface area contributed by atoms with Gasteiger partial charge in [-0.15, -0.1) is 24.0 Å². The SMILES string of the molecule is CN=C(NCc1c(C)nn(C)c1C)NCc1nccn1C(F)F.I. The summed E-state index contributed by atoms with van der Waals surface area (Å²) >= 11 is 0. The molecule has 0 aliphatic carbocycles. The van der Waals surface area contributed by atoms with E-state index in [1.807, 2.05) is 25.6 Å². The molecule has 2 aromatic heterocycles. The number of nitrogens with one attached hydrogen (secondary N) is 2. The van der Waals surface area contributed by atoms with E-state index >= 15 is 0 Å². The Labute approximate surface area is 156 Å². The number of hydrogen-bond donors (Lipinski definition) is 2. The molecule has 2 rings (SSSR count). The van der Waals surface area contributed by atoms with Gasteiger partial charge in [0.2, 0.25) is 0 Å². The Bertz CT molecular complexity index is 693. The molecule has 2 aromatic rings. The van der Waals surface area contributed by atoms with Gasteiger partial charge in [0.1, 0.15) is 5.82 Å². The second kappa shape index (κ2) is 8.94. The molecule has 0 aromatic carbocycles. The maximum atomic E-state index is 12.8. The molecule has 0 fully saturated rings. The minimum absolute atomic E-state index is 0. The van der Waals surface area contributed by atoms with Gasteiger partial charge in [0.05, 0.1) is 12.2 Å². The molecule has 2 heterocycles. The molecule has 0 saturated heterocycles. The summed E-state index contributed by atoms with van der Waals surface area (Å²) in [5, 5.41) is 10.5. The molecule has 0 atom stereocenters. The zero-order valence-electron chi connectivity index (χ0n) is 14.0. The normalized spacial score (nSPS) is 11.5. The Morgan fingerprint density at radius 1 is 1.29 bits per heavy atom. The lowest BCUT2D eigenvalue weighted by molar-refractivity contribution is 0.0668. The molecule has 0 aliphatic heterocycles. The maximum Gasteiger partial charge on any atom is 0.319 e. The molecule has 0 radical (unpaired) electrons. The van der Waals surface area contributed by atoms with Crippen molar-refractivity contribution in [2.45, 2.75) is 33.5 Å². The molecule has 0 unspecified atom stereocenters. The second-order valence-corrected chi connectivity index (χ2v) is 5.08. The first-order chi connectivity index (χ1) is 10.9. The van der Waals surface area contributed by atoms with Gasteiger partial charge < -0.3 is 10.6 Å². The van der Waals surface area contributed by atoms with Gasteiger partial charge >= 0.3 is 6.55 Å². The van der Waals surface area contributed by atoms with Gasteiger partial charge in [-0.05, 0) is 13.8 Å². The van der Waals surface area contributed by atoms with Crippen molar-refractivity contribution < 1.29 is 8.78 Å². The van der Waals surface area contributed by atoms with Crippen LogP contribution in [0.25, 0.3) is 0 Å². The van der Waals surface area contributed by atoms with Crippen LogP contribution < -0.4 is 10.6 Å². The fourth-order valence-electron chi connectivity index (χ4n) is 2.29. The monoisotopic (exact) mass is 453 g/mol. The highest BCUT2D eigenvalue weighted by Crippen LogP contribution is 2.12. The van der Waals surface area contributed by atoms with Crippen LogP contribution in [0.5, 0.6) is 0 Å². The molecule has 0 saturated carbocycles. The minimum atomic E-state index is -2.61. The minimum Gasteiger partial charge on any atom is -0.352 e. The number of halogens is 3. The van der Waals surface area contributed by atoms with Crippen LogP contribution in [-0.2, 0) is 20.1 Å². The Kier molecular flexibility index (Phi) is 7.58. The van der Waals surface area contributed by atoms with Crippen molar-refractivity contribution in [3.05, 3.63) is 35.2 Å². The van der Waals surface area contributed by atoms with Crippen molar-refractivity contribution in [1.29, 1.82) is 0 Å². The second-order valence-electron chi connectivity index (χ2n) is 5.08. The summed E-state index contributed by atoms with van der Waals surface area (Å²) in [5.41, 5.74) is 3.10. The Morgan fingerprint density at radius 2 is 1.96 bits per heavy atom. The fourth-order valence-corrected chi connectivity index (χ4v) is 2.29. The first kappa shape index (κ1) is 20.3. The maximum absolute atomic E-state index is 12.8. The Hall–Kier alpha value is -1.72. The zero-order chi connectivity index (χ0) is 17.0. The van der Waals surface area contributed by atoms with Crippen LogP contribution in [0.1, 0.15) is 29.3 Å². The molecule has 0 amide bonds. The average Bonchev–Trinajstić information content (AvgIpc) is 3.06. The number of alkyl halides is 2.